The van der Waals surface area contributed by atoms with Crippen molar-refractivity contribution < 1.29 is 9.53 Å². The summed E-state index contributed by atoms with van der Waals surface area (Å²) in [6, 6.07) is 0. The van der Waals surface area contributed by atoms with E-state index in [1.54, 1.807) is 0 Å². The molecule has 4 nitrogen and oxygen atoms in total. The molecule has 1 amide bonds. The molecule has 4 heteroatoms. The van der Waals surface area contributed by atoms with Crippen molar-refractivity contribution >= 4 is 5.91 Å². The van der Waals surface area contributed by atoms with Crippen molar-refractivity contribution in [2.24, 2.45) is 11.8 Å². The number of hydrogen-bond acceptors (Lipinski definition) is 3. The zero-order chi connectivity index (χ0) is 12.1. The molecule has 1 saturated heterocycles. The van der Waals surface area contributed by atoms with Crippen molar-refractivity contribution in [2.45, 2.75) is 38.7 Å². The molecule has 1 saturated carbocycles. The molecule has 1 aliphatic carbocycles. The van der Waals surface area contributed by atoms with E-state index >= 15 is 0 Å². The first-order valence-corrected chi connectivity index (χ1v) is 6.87. The molecular weight excluding hydrogens is 216 g/mol. The molecule has 98 valence electrons. The van der Waals surface area contributed by atoms with Crippen LogP contribution in [0.15, 0.2) is 0 Å². The second-order valence-electron chi connectivity index (χ2n) is 5.32. The lowest BCUT2D eigenvalue weighted by atomic mass is 9.88. The minimum atomic E-state index is 0.170. The zero-order valence-electron chi connectivity index (χ0n) is 10.7. The first-order valence-electron chi connectivity index (χ1n) is 6.87. The fourth-order valence-corrected chi connectivity index (χ4v) is 2.53. The highest BCUT2D eigenvalue weighted by atomic mass is 16.5. The predicted octanol–water partition coefficient (Wildman–Crippen LogP) is 0.917. The summed E-state index contributed by atoms with van der Waals surface area (Å²) >= 11 is 0. The van der Waals surface area contributed by atoms with Gasteiger partial charge in [0.05, 0.1) is 18.6 Å². The van der Waals surface area contributed by atoms with E-state index in [1.165, 1.54) is 25.7 Å². The van der Waals surface area contributed by atoms with Crippen LogP contribution in [0.4, 0.5) is 0 Å². The Morgan fingerprint density at radius 2 is 2.12 bits per heavy atom. The monoisotopic (exact) mass is 240 g/mol. The van der Waals surface area contributed by atoms with Crippen molar-refractivity contribution in [1.29, 1.82) is 0 Å². The number of carbonyl (C=O) groups is 1. The molecule has 2 aliphatic rings. The van der Waals surface area contributed by atoms with E-state index < -0.39 is 0 Å². The number of amides is 1. The molecule has 2 fully saturated rings. The van der Waals surface area contributed by atoms with Gasteiger partial charge in [-0.1, -0.05) is 19.8 Å². The maximum Gasteiger partial charge on any atom is 0.225 e. The van der Waals surface area contributed by atoms with Gasteiger partial charge in [-0.25, -0.2) is 0 Å². The van der Waals surface area contributed by atoms with Gasteiger partial charge in [0.1, 0.15) is 0 Å². The third kappa shape index (κ3) is 3.68. The third-order valence-corrected chi connectivity index (χ3v) is 3.92. The highest BCUT2D eigenvalue weighted by molar-refractivity contribution is 5.79. The second kappa shape index (κ2) is 6.36. The first kappa shape index (κ1) is 12.8. The van der Waals surface area contributed by atoms with Gasteiger partial charge < -0.3 is 15.4 Å². The lowest BCUT2D eigenvalue weighted by Crippen LogP contribution is -2.51. The smallest absolute Gasteiger partial charge is 0.225 e. The summed E-state index contributed by atoms with van der Waals surface area (Å²) in [7, 11) is 0. The third-order valence-electron chi connectivity index (χ3n) is 3.92. The maximum atomic E-state index is 11.5. The Balaban J connectivity index is 1.54. The van der Waals surface area contributed by atoms with E-state index in [0.29, 0.717) is 25.2 Å². The molecule has 2 rings (SSSR count). The Morgan fingerprint density at radius 3 is 2.76 bits per heavy atom. The van der Waals surface area contributed by atoms with E-state index in [1.807, 2.05) is 0 Å². The van der Waals surface area contributed by atoms with Gasteiger partial charge in [-0.2, -0.15) is 0 Å². The molecule has 0 aromatic heterocycles. The van der Waals surface area contributed by atoms with E-state index in [0.717, 1.165) is 13.1 Å². The molecule has 0 bridgehead atoms. The molecular formula is C13H24N2O2. The summed E-state index contributed by atoms with van der Waals surface area (Å²) in [5, 5.41) is 6.03. The molecule has 0 aromatic carbocycles. The van der Waals surface area contributed by atoms with Gasteiger partial charge in [-0.05, 0) is 18.8 Å². The number of hydrogen-bond donors (Lipinski definition) is 2. The molecule has 17 heavy (non-hydrogen) atoms. The lowest BCUT2D eigenvalue weighted by Gasteiger charge is -2.29. The molecule has 1 heterocycles. The van der Waals surface area contributed by atoms with Crippen molar-refractivity contribution in [3.8, 4) is 0 Å². The van der Waals surface area contributed by atoms with E-state index in [4.69, 9.17) is 4.74 Å². The molecule has 2 atom stereocenters. The highest BCUT2D eigenvalue weighted by Gasteiger charge is 2.25. The van der Waals surface area contributed by atoms with Crippen LogP contribution in [0.3, 0.4) is 0 Å². The van der Waals surface area contributed by atoms with Crippen LogP contribution < -0.4 is 10.6 Å². The van der Waals surface area contributed by atoms with Crippen LogP contribution >= 0.6 is 0 Å². The summed E-state index contributed by atoms with van der Waals surface area (Å²) in [6.45, 7) is 5.22. The van der Waals surface area contributed by atoms with E-state index in [9.17, 15) is 4.79 Å². The topological polar surface area (TPSA) is 50.4 Å². The van der Waals surface area contributed by atoms with Crippen molar-refractivity contribution in [1.82, 2.24) is 10.6 Å². The largest absolute Gasteiger partial charge is 0.376 e. The lowest BCUT2D eigenvalue weighted by molar-refractivity contribution is -0.126. The van der Waals surface area contributed by atoms with Gasteiger partial charge in [0.15, 0.2) is 0 Å². The average Bonchev–Trinajstić information content (AvgIpc) is 2.24. The van der Waals surface area contributed by atoms with Gasteiger partial charge in [-0.15, -0.1) is 0 Å². The minimum absolute atomic E-state index is 0.170. The molecule has 0 spiro atoms. The first-order chi connectivity index (χ1) is 8.27. The van der Waals surface area contributed by atoms with E-state index in [-0.39, 0.29) is 11.8 Å². The van der Waals surface area contributed by atoms with Crippen LogP contribution in [0.1, 0.15) is 32.6 Å². The van der Waals surface area contributed by atoms with Gasteiger partial charge in [0.25, 0.3) is 0 Å². The molecule has 2 unspecified atom stereocenters. The standard InChI is InChI=1S/C13H24N2O2/c1-10-4-2-3-5-12(10)17-7-6-15-13(16)11-8-14-9-11/h10-12,14H,2-9H2,1H3,(H,15,16). The number of carbonyl (C=O) groups excluding carboxylic acids is 1. The molecule has 0 radical (unpaired) electrons. The predicted molar refractivity (Wildman–Crippen MR) is 66.7 cm³/mol. The van der Waals surface area contributed by atoms with Crippen LogP contribution in [0.25, 0.3) is 0 Å². The normalized spacial score (nSPS) is 29.7. The van der Waals surface area contributed by atoms with Crippen LogP contribution in [-0.4, -0.2) is 38.3 Å². The van der Waals surface area contributed by atoms with Crippen LogP contribution in [-0.2, 0) is 9.53 Å². The number of ether oxygens (including phenoxy) is 1. The highest BCUT2D eigenvalue weighted by Crippen LogP contribution is 2.25. The Hall–Kier alpha value is -0.610. The SMILES string of the molecule is CC1CCCCC1OCCNC(=O)C1CNC1. The van der Waals surface area contributed by atoms with Crippen LogP contribution in [0, 0.1) is 11.8 Å². The minimum Gasteiger partial charge on any atom is -0.376 e. The van der Waals surface area contributed by atoms with E-state index in [2.05, 4.69) is 17.6 Å². The summed E-state index contributed by atoms with van der Waals surface area (Å²) in [5.41, 5.74) is 0. The fraction of sp³-hybridized carbons (Fsp3) is 0.923. The van der Waals surface area contributed by atoms with Crippen LogP contribution in [0.5, 0.6) is 0 Å². The van der Waals surface area contributed by atoms with Crippen molar-refractivity contribution in [3.05, 3.63) is 0 Å². The number of nitrogens with one attached hydrogen (secondary N) is 2. The Labute approximate surface area is 103 Å². The average molecular weight is 240 g/mol. The maximum absolute atomic E-state index is 11.5. The van der Waals surface area contributed by atoms with Gasteiger partial charge in [0, 0.05) is 19.6 Å². The Bertz CT molecular complexity index is 254. The molecule has 2 N–H and O–H groups in total. The zero-order valence-corrected chi connectivity index (χ0v) is 10.7. The van der Waals surface area contributed by atoms with Crippen molar-refractivity contribution in [2.75, 3.05) is 26.2 Å². The number of rotatable bonds is 5. The van der Waals surface area contributed by atoms with Gasteiger partial charge >= 0.3 is 0 Å². The van der Waals surface area contributed by atoms with Gasteiger partial charge in [-0.3, -0.25) is 4.79 Å². The summed E-state index contributed by atoms with van der Waals surface area (Å²) < 4.78 is 5.85. The Kier molecular flexibility index (Phi) is 4.80. The van der Waals surface area contributed by atoms with Crippen LogP contribution in [0.2, 0.25) is 0 Å². The molecule has 1 aliphatic heterocycles. The summed E-state index contributed by atoms with van der Waals surface area (Å²) in [4.78, 5) is 11.5. The quantitative estimate of drug-likeness (QED) is 0.703. The van der Waals surface area contributed by atoms with Gasteiger partial charge in [0.2, 0.25) is 5.91 Å². The summed E-state index contributed by atoms with van der Waals surface area (Å²) in [6.07, 6.45) is 5.50. The summed E-state index contributed by atoms with van der Waals surface area (Å²) in [5.74, 6) is 1.03. The van der Waals surface area contributed by atoms with Crippen molar-refractivity contribution in [3.63, 3.8) is 0 Å². The second-order valence-corrected chi connectivity index (χ2v) is 5.32. The Morgan fingerprint density at radius 1 is 1.35 bits per heavy atom. The molecule has 0 aromatic rings. The fourth-order valence-electron chi connectivity index (χ4n) is 2.53.